The second-order valence-corrected chi connectivity index (χ2v) is 8.51. The van der Waals surface area contributed by atoms with Gasteiger partial charge in [0.1, 0.15) is 6.04 Å². The van der Waals surface area contributed by atoms with E-state index in [4.69, 9.17) is 0 Å². The van der Waals surface area contributed by atoms with Crippen LogP contribution in [0.4, 0.5) is 0 Å². The number of amides is 2. The molecular weight excluding hydrogens is 390 g/mol. The monoisotopic (exact) mass is 417 g/mol. The lowest BCUT2D eigenvalue weighted by atomic mass is 10.1. The maximum atomic E-state index is 12.7. The van der Waals surface area contributed by atoms with Crippen LogP contribution in [0.15, 0.2) is 53.4 Å². The van der Waals surface area contributed by atoms with Gasteiger partial charge in [-0.25, -0.2) is 13.1 Å². The summed E-state index contributed by atoms with van der Waals surface area (Å²) in [5, 5.41) is 5.30. The first-order valence-corrected chi connectivity index (χ1v) is 11.0. The third-order valence-corrected chi connectivity index (χ3v) is 5.88. The first-order valence-electron chi connectivity index (χ1n) is 9.47. The van der Waals surface area contributed by atoms with E-state index in [0.717, 1.165) is 12.0 Å². The van der Waals surface area contributed by atoms with E-state index >= 15 is 0 Å². The standard InChI is InChI=1S/C21H27N3O4S/c1-4-12-22-20(25)16(3)24-21(26)18-11-10-15(2)19(13-18)29(27,28)23-14-17-8-6-5-7-9-17/h5-11,13,16,23H,4,12,14H2,1-3H3,(H,22,25)(H,24,26)/t16-/m1/s1. The molecular formula is C21H27N3O4S. The molecule has 2 aromatic carbocycles. The van der Waals surface area contributed by atoms with Gasteiger partial charge in [-0.05, 0) is 43.5 Å². The molecule has 156 valence electrons. The number of carbonyl (C=O) groups excluding carboxylic acids is 2. The first kappa shape index (κ1) is 22.6. The lowest BCUT2D eigenvalue weighted by Crippen LogP contribution is -2.45. The maximum absolute atomic E-state index is 12.7. The Labute approximate surface area is 172 Å². The third-order valence-electron chi connectivity index (χ3n) is 4.34. The van der Waals surface area contributed by atoms with Gasteiger partial charge >= 0.3 is 0 Å². The van der Waals surface area contributed by atoms with E-state index < -0.39 is 22.0 Å². The van der Waals surface area contributed by atoms with E-state index in [1.807, 2.05) is 37.3 Å². The molecule has 0 aliphatic heterocycles. The summed E-state index contributed by atoms with van der Waals surface area (Å²) in [4.78, 5) is 24.5. The van der Waals surface area contributed by atoms with Crippen molar-refractivity contribution in [3.63, 3.8) is 0 Å². The van der Waals surface area contributed by atoms with Crippen molar-refractivity contribution in [2.45, 2.75) is 44.7 Å². The predicted molar refractivity (Wildman–Crippen MR) is 112 cm³/mol. The van der Waals surface area contributed by atoms with Crippen LogP contribution in [0.5, 0.6) is 0 Å². The van der Waals surface area contributed by atoms with Crippen molar-refractivity contribution in [2.75, 3.05) is 6.54 Å². The van der Waals surface area contributed by atoms with Crippen molar-refractivity contribution < 1.29 is 18.0 Å². The first-order chi connectivity index (χ1) is 13.7. The Kier molecular flexibility index (Phi) is 7.92. The van der Waals surface area contributed by atoms with E-state index in [9.17, 15) is 18.0 Å². The van der Waals surface area contributed by atoms with Crippen LogP contribution >= 0.6 is 0 Å². The maximum Gasteiger partial charge on any atom is 0.251 e. The summed E-state index contributed by atoms with van der Waals surface area (Å²) in [6.45, 7) is 5.85. The molecule has 2 aromatic rings. The molecule has 0 unspecified atom stereocenters. The minimum Gasteiger partial charge on any atom is -0.354 e. The van der Waals surface area contributed by atoms with Gasteiger partial charge in [0.25, 0.3) is 5.91 Å². The molecule has 8 heteroatoms. The quantitative estimate of drug-likeness (QED) is 0.581. The van der Waals surface area contributed by atoms with E-state index in [1.165, 1.54) is 12.1 Å². The Bertz CT molecular complexity index is 959. The molecule has 2 rings (SSSR count). The normalized spacial score (nSPS) is 12.2. The third kappa shape index (κ3) is 6.40. The van der Waals surface area contributed by atoms with Gasteiger partial charge in [0, 0.05) is 18.7 Å². The lowest BCUT2D eigenvalue weighted by molar-refractivity contribution is -0.122. The fourth-order valence-corrected chi connectivity index (χ4v) is 3.92. The minimum absolute atomic E-state index is 0.0316. The zero-order valence-electron chi connectivity index (χ0n) is 16.9. The summed E-state index contributed by atoms with van der Waals surface area (Å²) in [7, 11) is -3.81. The number of sulfonamides is 1. The van der Waals surface area contributed by atoms with Gasteiger partial charge in [0.05, 0.1) is 4.90 Å². The van der Waals surface area contributed by atoms with Gasteiger partial charge in [0.2, 0.25) is 15.9 Å². The molecule has 0 bridgehead atoms. The molecule has 7 nitrogen and oxygen atoms in total. The van der Waals surface area contributed by atoms with Gasteiger partial charge in [0.15, 0.2) is 0 Å². The molecule has 0 radical (unpaired) electrons. The number of nitrogens with one attached hydrogen (secondary N) is 3. The van der Waals surface area contributed by atoms with Crippen LogP contribution < -0.4 is 15.4 Å². The summed E-state index contributed by atoms with van der Waals surface area (Å²) >= 11 is 0. The van der Waals surface area contributed by atoms with Crippen LogP contribution in [0, 0.1) is 6.92 Å². The highest BCUT2D eigenvalue weighted by molar-refractivity contribution is 7.89. The average molecular weight is 418 g/mol. The topological polar surface area (TPSA) is 104 Å². The van der Waals surface area contributed by atoms with Crippen LogP contribution in [0.3, 0.4) is 0 Å². The van der Waals surface area contributed by atoms with Gasteiger partial charge in [-0.2, -0.15) is 0 Å². The molecule has 0 aliphatic carbocycles. The highest BCUT2D eigenvalue weighted by Gasteiger charge is 2.21. The SMILES string of the molecule is CCCNC(=O)[C@@H](C)NC(=O)c1ccc(C)c(S(=O)(=O)NCc2ccccc2)c1. The summed E-state index contributed by atoms with van der Waals surface area (Å²) in [5.74, 6) is -0.798. The number of hydrogen-bond acceptors (Lipinski definition) is 4. The Morgan fingerprint density at radius 1 is 1.07 bits per heavy atom. The van der Waals surface area contributed by atoms with Crippen molar-refractivity contribution in [1.82, 2.24) is 15.4 Å². The van der Waals surface area contributed by atoms with Crippen molar-refractivity contribution in [3.8, 4) is 0 Å². The van der Waals surface area contributed by atoms with Gasteiger partial charge in [-0.1, -0.05) is 43.3 Å². The molecule has 0 spiro atoms. The molecule has 0 fully saturated rings. The summed E-state index contributed by atoms with van der Waals surface area (Å²) in [6, 6.07) is 12.9. The Morgan fingerprint density at radius 2 is 1.76 bits per heavy atom. The van der Waals surface area contributed by atoms with E-state index in [1.54, 1.807) is 19.9 Å². The Hall–Kier alpha value is -2.71. The smallest absolute Gasteiger partial charge is 0.251 e. The minimum atomic E-state index is -3.81. The molecule has 29 heavy (non-hydrogen) atoms. The van der Waals surface area contributed by atoms with Crippen LogP contribution in [-0.2, 0) is 21.4 Å². The second kappa shape index (κ2) is 10.2. The molecule has 0 heterocycles. The summed E-state index contributed by atoms with van der Waals surface area (Å²) in [5.41, 5.74) is 1.52. The number of benzene rings is 2. The fraction of sp³-hybridized carbons (Fsp3) is 0.333. The van der Waals surface area contributed by atoms with Crippen LogP contribution in [0.2, 0.25) is 0 Å². The molecule has 0 aliphatic rings. The zero-order chi connectivity index (χ0) is 21.4. The van der Waals surface area contributed by atoms with Crippen LogP contribution in [0.1, 0.15) is 41.8 Å². The lowest BCUT2D eigenvalue weighted by Gasteiger charge is -2.15. The van der Waals surface area contributed by atoms with Crippen LogP contribution in [0.25, 0.3) is 0 Å². The highest BCUT2D eigenvalue weighted by Crippen LogP contribution is 2.18. The molecule has 3 N–H and O–H groups in total. The van der Waals surface area contributed by atoms with Gasteiger partial charge < -0.3 is 10.6 Å². The number of aryl methyl sites for hydroxylation is 1. The second-order valence-electron chi connectivity index (χ2n) is 6.78. The Balaban J connectivity index is 2.13. The van der Waals surface area contributed by atoms with E-state index in [-0.39, 0.29) is 22.9 Å². The van der Waals surface area contributed by atoms with E-state index in [2.05, 4.69) is 15.4 Å². The van der Waals surface area contributed by atoms with Crippen molar-refractivity contribution >= 4 is 21.8 Å². The van der Waals surface area contributed by atoms with Crippen molar-refractivity contribution in [3.05, 3.63) is 65.2 Å². The zero-order valence-corrected chi connectivity index (χ0v) is 17.7. The largest absolute Gasteiger partial charge is 0.354 e. The summed E-state index contributed by atoms with van der Waals surface area (Å²) in [6.07, 6.45) is 0.793. The molecule has 0 saturated carbocycles. The number of rotatable bonds is 9. The van der Waals surface area contributed by atoms with Crippen molar-refractivity contribution in [2.24, 2.45) is 0 Å². The molecule has 0 aromatic heterocycles. The number of carbonyl (C=O) groups is 2. The molecule has 1 atom stereocenters. The predicted octanol–water partition coefficient (Wildman–Crippen LogP) is 2.12. The van der Waals surface area contributed by atoms with Crippen molar-refractivity contribution in [1.29, 1.82) is 0 Å². The summed E-state index contributed by atoms with van der Waals surface area (Å²) < 4.78 is 28.0. The average Bonchev–Trinajstić information content (AvgIpc) is 2.71. The van der Waals surface area contributed by atoms with E-state index in [0.29, 0.717) is 12.1 Å². The number of hydrogen-bond donors (Lipinski definition) is 3. The van der Waals surface area contributed by atoms with Crippen LogP contribution in [-0.4, -0.2) is 32.8 Å². The van der Waals surface area contributed by atoms with Gasteiger partial charge in [-0.15, -0.1) is 0 Å². The molecule has 0 saturated heterocycles. The highest BCUT2D eigenvalue weighted by atomic mass is 32.2. The Morgan fingerprint density at radius 3 is 2.41 bits per heavy atom. The fourth-order valence-electron chi connectivity index (χ4n) is 2.63. The molecule has 2 amide bonds. The van der Waals surface area contributed by atoms with Gasteiger partial charge in [-0.3, -0.25) is 9.59 Å².